The Morgan fingerprint density at radius 2 is 2.45 bits per heavy atom. The van der Waals surface area contributed by atoms with E-state index < -0.39 is 0 Å². The van der Waals surface area contributed by atoms with E-state index in [4.69, 9.17) is 8.94 Å². The van der Waals surface area contributed by atoms with E-state index in [1.54, 1.807) is 6.26 Å². The van der Waals surface area contributed by atoms with E-state index in [0.29, 0.717) is 6.54 Å². The Hall–Kier alpha value is -2.08. The van der Waals surface area contributed by atoms with Gasteiger partial charge in [-0.25, -0.2) is 0 Å². The molecule has 1 amide bonds. The third-order valence-electron chi connectivity index (χ3n) is 4.03. The van der Waals surface area contributed by atoms with Gasteiger partial charge in [0, 0.05) is 6.07 Å². The fraction of sp³-hybridized carbons (Fsp3) is 0.500. The fourth-order valence-electron chi connectivity index (χ4n) is 2.96. The molecule has 118 valence electrons. The van der Waals surface area contributed by atoms with Crippen molar-refractivity contribution < 1.29 is 13.7 Å². The zero-order valence-electron chi connectivity index (χ0n) is 12.9. The van der Waals surface area contributed by atoms with Crippen LogP contribution in [0.15, 0.2) is 33.4 Å². The average molecular weight is 303 g/mol. The Morgan fingerprint density at radius 3 is 3.14 bits per heavy atom. The molecular weight excluding hydrogens is 282 g/mol. The summed E-state index contributed by atoms with van der Waals surface area (Å²) in [7, 11) is 0. The minimum atomic E-state index is -0.129. The van der Waals surface area contributed by atoms with Gasteiger partial charge in [-0.3, -0.25) is 9.69 Å². The number of aryl methyl sites for hydroxylation is 1. The second-order valence-electron chi connectivity index (χ2n) is 5.80. The summed E-state index contributed by atoms with van der Waals surface area (Å²) < 4.78 is 10.7. The second-order valence-corrected chi connectivity index (χ2v) is 5.80. The molecule has 1 saturated heterocycles. The summed E-state index contributed by atoms with van der Waals surface area (Å²) in [5.41, 5.74) is 0.873. The number of carbonyl (C=O) groups excluding carboxylic acids is 1. The molecule has 3 rings (SSSR count). The third kappa shape index (κ3) is 3.22. The zero-order valence-corrected chi connectivity index (χ0v) is 12.9. The largest absolute Gasteiger partial charge is 0.467 e. The SMILES string of the molecule is Cc1cc(C2CCCN2CC(=O)NC(C)c2ccco2)on1. The van der Waals surface area contributed by atoms with Crippen LogP contribution in [0, 0.1) is 6.92 Å². The molecule has 1 fully saturated rings. The molecule has 3 heterocycles. The summed E-state index contributed by atoms with van der Waals surface area (Å²) in [5, 5.41) is 6.91. The number of hydrogen-bond donors (Lipinski definition) is 1. The molecule has 2 aromatic heterocycles. The molecule has 0 aliphatic carbocycles. The van der Waals surface area contributed by atoms with Crippen molar-refractivity contribution in [2.75, 3.05) is 13.1 Å². The van der Waals surface area contributed by atoms with Gasteiger partial charge in [0.05, 0.1) is 30.6 Å². The number of carbonyl (C=O) groups is 1. The highest BCUT2D eigenvalue weighted by Crippen LogP contribution is 2.31. The predicted octanol–water partition coefficient (Wildman–Crippen LogP) is 2.59. The van der Waals surface area contributed by atoms with E-state index in [2.05, 4.69) is 15.4 Å². The maximum absolute atomic E-state index is 12.2. The zero-order chi connectivity index (χ0) is 15.5. The Balaban J connectivity index is 1.58. The first-order chi connectivity index (χ1) is 10.6. The van der Waals surface area contributed by atoms with Crippen molar-refractivity contribution in [3.8, 4) is 0 Å². The monoisotopic (exact) mass is 303 g/mol. The molecule has 2 unspecified atom stereocenters. The maximum atomic E-state index is 12.2. The molecule has 6 heteroatoms. The Kier molecular flexibility index (Phi) is 4.29. The summed E-state index contributed by atoms with van der Waals surface area (Å²) in [4.78, 5) is 14.4. The van der Waals surface area contributed by atoms with Crippen LogP contribution in [0.1, 0.15) is 49.1 Å². The van der Waals surface area contributed by atoms with Crippen molar-refractivity contribution in [2.45, 2.75) is 38.8 Å². The van der Waals surface area contributed by atoms with Crippen LogP contribution in [0.25, 0.3) is 0 Å². The van der Waals surface area contributed by atoms with Gasteiger partial charge in [-0.2, -0.15) is 0 Å². The van der Waals surface area contributed by atoms with Crippen LogP contribution in [0.2, 0.25) is 0 Å². The number of aromatic nitrogens is 1. The molecule has 0 spiro atoms. The first kappa shape index (κ1) is 14.8. The van der Waals surface area contributed by atoms with Crippen LogP contribution in [0.3, 0.4) is 0 Å². The molecular formula is C16H21N3O3. The van der Waals surface area contributed by atoms with Gasteiger partial charge in [-0.15, -0.1) is 0 Å². The van der Waals surface area contributed by atoms with Gasteiger partial charge in [0.2, 0.25) is 5.91 Å². The lowest BCUT2D eigenvalue weighted by Crippen LogP contribution is -2.37. The second kappa shape index (κ2) is 6.36. The number of nitrogens with zero attached hydrogens (tertiary/aromatic N) is 2. The molecule has 1 N–H and O–H groups in total. The van der Waals surface area contributed by atoms with Crippen LogP contribution < -0.4 is 5.32 Å². The van der Waals surface area contributed by atoms with E-state index in [9.17, 15) is 4.79 Å². The number of furan rings is 1. The van der Waals surface area contributed by atoms with E-state index in [1.165, 1.54) is 0 Å². The van der Waals surface area contributed by atoms with Crippen molar-refractivity contribution in [3.63, 3.8) is 0 Å². The number of nitrogens with one attached hydrogen (secondary N) is 1. The van der Waals surface area contributed by atoms with E-state index in [-0.39, 0.29) is 18.0 Å². The summed E-state index contributed by atoms with van der Waals surface area (Å²) in [6.07, 6.45) is 3.67. The molecule has 1 aliphatic rings. The molecule has 0 saturated carbocycles. The van der Waals surface area contributed by atoms with E-state index in [1.807, 2.05) is 32.0 Å². The summed E-state index contributed by atoms with van der Waals surface area (Å²) in [5.74, 6) is 1.60. The lowest BCUT2D eigenvalue weighted by atomic mass is 10.1. The van der Waals surface area contributed by atoms with Crippen LogP contribution in [0.4, 0.5) is 0 Å². The van der Waals surface area contributed by atoms with Crippen LogP contribution in [0.5, 0.6) is 0 Å². The smallest absolute Gasteiger partial charge is 0.234 e. The molecule has 2 aromatic rings. The summed E-state index contributed by atoms with van der Waals surface area (Å²) >= 11 is 0. The minimum absolute atomic E-state index is 0.00737. The summed E-state index contributed by atoms with van der Waals surface area (Å²) in [6.45, 7) is 5.07. The quantitative estimate of drug-likeness (QED) is 0.919. The van der Waals surface area contributed by atoms with Crippen molar-refractivity contribution in [1.29, 1.82) is 0 Å². The normalized spacial score (nSPS) is 20.2. The van der Waals surface area contributed by atoms with Crippen molar-refractivity contribution in [2.24, 2.45) is 0 Å². The van der Waals surface area contributed by atoms with Crippen molar-refractivity contribution in [3.05, 3.63) is 41.7 Å². The predicted molar refractivity (Wildman–Crippen MR) is 80.1 cm³/mol. The highest BCUT2D eigenvalue weighted by atomic mass is 16.5. The van der Waals surface area contributed by atoms with Gasteiger partial charge in [-0.05, 0) is 45.4 Å². The number of rotatable bonds is 5. The minimum Gasteiger partial charge on any atom is -0.467 e. The molecule has 1 aliphatic heterocycles. The van der Waals surface area contributed by atoms with Gasteiger partial charge in [-0.1, -0.05) is 5.16 Å². The van der Waals surface area contributed by atoms with Gasteiger partial charge in [0.1, 0.15) is 5.76 Å². The molecule has 2 atom stereocenters. The number of amides is 1. The number of likely N-dealkylation sites (tertiary alicyclic amines) is 1. The van der Waals surface area contributed by atoms with Gasteiger partial charge in [0.25, 0.3) is 0 Å². The van der Waals surface area contributed by atoms with E-state index in [0.717, 1.165) is 36.6 Å². The van der Waals surface area contributed by atoms with Gasteiger partial charge >= 0.3 is 0 Å². The number of hydrogen-bond acceptors (Lipinski definition) is 5. The lowest BCUT2D eigenvalue weighted by Gasteiger charge is -2.22. The first-order valence-electron chi connectivity index (χ1n) is 7.63. The Bertz CT molecular complexity index is 620. The van der Waals surface area contributed by atoms with E-state index >= 15 is 0 Å². The molecule has 22 heavy (non-hydrogen) atoms. The van der Waals surface area contributed by atoms with Crippen LogP contribution in [-0.4, -0.2) is 29.1 Å². The molecule has 0 aromatic carbocycles. The lowest BCUT2D eigenvalue weighted by molar-refractivity contribution is -0.123. The molecule has 0 bridgehead atoms. The third-order valence-corrected chi connectivity index (χ3v) is 4.03. The standard InChI is InChI=1S/C16H21N3O3/c1-11-9-15(22-18-11)13-5-3-7-19(13)10-16(20)17-12(2)14-6-4-8-21-14/h4,6,8-9,12-13H,3,5,7,10H2,1-2H3,(H,17,20). The van der Waals surface area contributed by atoms with Crippen LogP contribution >= 0.6 is 0 Å². The maximum Gasteiger partial charge on any atom is 0.234 e. The van der Waals surface area contributed by atoms with Gasteiger partial charge in [0.15, 0.2) is 5.76 Å². The topological polar surface area (TPSA) is 71.5 Å². The molecule has 6 nitrogen and oxygen atoms in total. The highest BCUT2D eigenvalue weighted by molar-refractivity contribution is 5.78. The Morgan fingerprint density at radius 1 is 1.59 bits per heavy atom. The fourth-order valence-corrected chi connectivity index (χ4v) is 2.96. The van der Waals surface area contributed by atoms with Crippen molar-refractivity contribution in [1.82, 2.24) is 15.4 Å². The average Bonchev–Trinajstić information content (AvgIpc) is 3.18. The van der Waals surface area contributed by atoms with Crippen molar-refractivity contribution >= 4 is 5.91 Å². The Labute approximate surface area is 129 Å². The highest BCUT2D eigenvalue weighted by Gasteiger charge is 2.30. The summed E-state index contributed by atoms with van der Waals surface area (Å²) in [6, 6.07) is 5.65. The van der Waals surface area contributed by atoms with Gasteiger partial charge < -0.3 is 14.3 Å². The first-order valence-corrected chi connectivity index (χ1v) is 7.63. The van der Waals surface area contributed by atoms with Crippen LogP contribution in [-0.2, 0) is 4.79 Å². The molecule has 0 radical (unpaired) electrons.